The molecule has 0 bridgehead atoms. The molecule has 1 atom stereocenters. The number of hydrogen-bond donors (Lipinski definition) is 3. The molecule has 1 aromatic rings. The first-order valence-corrected chi connectivity index (χ1v) is 7.57. The van der Waals surface area contributed by atoms with Gasteiger partial charge in [-0.2, -0.15) is 0 Å². The zero-order valence-electron chi connectivity index (χ0n) is 10.6. The van der Waals surface area contributed by atoms with Crippen molar-refractivity contribution in [2.45, 2.75) is 35.4 Å². The van der Waals surface area contributed by atoms with E-state index in [4.69, 9.17) is 0 Å². The van der Waals surface area contributed by atoms with Crippen LogP contribution >= 0.6 is 23.1 Å². The van der Waals surface area contributed by atoms with Gasteiger partial charge in [-0.25, -0.2) is 4.79 Å². The van der Waals surface area contributed by atoms with Gasteiger partial charge in [0.25, 0.3) is 0 Å². The van der Waals surface area contributed by atoms with Crippen LogP contribution in [0.4, 0.5) is 9.93 Å². The van der Waals surface area contributed by atoms with Crippen LogP contribution in [0, 0.1) is 0 Å². The second-order valence-electron chi connectivity index (χ2n) is 4.12. The summed E-state index contributed by atoms with van der Waals surface area (Å²) >= 11 is 2.71. The summed E-state index contributed by atoms with van der Waals surface area (Å²) in [7, 11) is 1.46. The molecule has 1 heterocycles. The molecule has 1 aromatic heterocycles. The molecule has 9 heteroatoms. The zero-order valence-corrected chi connectivity index (χ0v) is 12.2. The molecule has 1 aliphatic rings. The summed E-state index contributed by atoms with van der Waals surface area (Å²) in [6, 6.07) is 0.0191. The maximum Gasteiger partial charge on any atom is 0.321 e. The average molecular weight is 301 g/mol. The van der Waals surface area contributed by atoms with Crippen molar-refractivity contribution in [3.63, 3.8) is 0 Å². The Morgan fingerprint density at radius 3 is 2.79 bits per heavy atom. The summed E-state index contributed by atoms with van der Waals surface area (Å²) in [5.74, 6) is -0.351. The highest BCUT2D eigenvalue weighted by molar-refractivity contribution is 8.02. The summed E-state index contributed by atoms with van der Waals surface area (Å²) in [5.41, 5.74) is 0. The maximum atomic E-state index is 11.7. The van der Waals surface area contributed by atoms with Gasteiger partial charge in [-0.15, -0.1) is 10.2 Å². The standard InChI is InChI=1S/C10H15N5O2S2/c1-5(7(16)13-8(17)11-2)18-10-15-14-9(19-10)12-6-3-4-6/h5-6H,3-4H2,1-2H3,(H,12,14)(H2,11,13,16,17). The third kappa shape index (κ3) is 4.35. The maximum absolute atomic E-state index is 11.7. The van der Waals surface area contributed by atoms with Crippen LogP contribution in [-0.4, -0.2) is 40.5 Å². The van der Waals surface area contributed by atoms with E-state index in [0.717, 1.165) is 5.13 Å². The van der Waals surface area contributed by atoms with Crippen molar-refractivity contribution >= 4 is 40.2 Å². The molecule has 2 rings (SSSR count). The molecule has 3 N–H and O–H groups in total. The Morgan fingerprint density at radius 2 is 2.16 bits per heavy atom. The van der Waals surface area contributed by atoms with Crippen molar-refractivity contribution in [3.8, 4) is 0 Å². The van der Waals surface area contributed by atoms with Gasteiger partial charge in [0.2, 0.25) is 11.0 Å². The Hall–Kier alpha value is -1.35. The van der Waals surface area contributed by atoms with Gasteiger partial charge >= 0.3 is 6.03 Å². The molecular weight excluding hydrogens is 286 g/mol. The van der Waals surface area contributed by atoms with Crippen LogP contribution in [0.2, 0.25) is 0 Å². The monoisotopic (exact) mass is 301 g/mol. The van der Waals surface area contributed by atoms with Gasteiger partial charge in [0, 0.05) is 13.1 Å². The number of imide groups is 1. The Labute approximate surface area is 118 Å². The molecule has 0 saturated heterocycles. The van der Waals surface area contributed by atoms with Gasteiger partial charge in [0.1, 0.15) is 0 Å². The Morgan fingerprint density at radius 1 is 1.42 bits per heavy atom. The van der Waals surface area contributed by atoms with E-state index in [1.807, 2.05) is 0 Å². The molecular formula is C10H15N5O2S2. The molecule has 1 unspecified atom stereocenters. The summed E-state index contributed by atoms with van der Waals surface area (Å²) in [6.07, 6.45) is 2.35. The van der Waals surface area contributed by atoms with Crippen LogP contribution in [0.1, 0.15) is 19.8 Å². The van der Waals surface area contributed by atoms with Gasteiger partial charge < -0.3 is 10.6 Å². The smallest absolute Gasteiger partial charge is 0.321 e. The minimum atomic E-state index is -0.509. The summed E-state index contributed by atoms with van der Waals surface area (Å²) in [6.45, 7) is 1.72. The van der Waals surface area contributed by atoms with Crippen molar-refractivity contribution < 1.29 is 9.59 Å². The van der Waals surface area contributed by atoms with Gasteiger partial charge in [-0.05, 0) is 19.8 Å². The number of amides is 3. The predicted octanol–water partition coefficient (Wildman–Crippen LogP) is 1.05. The Kier molecular flexibility index (Phi) is 4.59. The SMILES string of the molecule is CNC(=O)NC(=O)C(C)Sc1nnc(NC2CC2)s1. The van der Waals surface area contributed by atoms with Crippen molar-refractivity contribution in [2.75, 3.05) is 12.4 Å². The van der Waals surface area contributed by atoms with E-state index < -0.39 is 11.3 Å². The number of nitrogens with one attached hydrogen (secondary N) is 3. The third-order valence-corrected chi connectivity index (χ3v) is 4.46. The van der Waals surface area contributed by atoms with Crippen molar-refractivity contribution in [1.29, 1.82) is 0 Å². The van der Waals surface area contributed by atoms with Crippen LogP contribution in [-0.2, 0) is 4.79 Å². The topological polar surface area (TPSA) is 96.0 Å². The van der Waals surface area contributed by atoms with E-state index in [1.165, 1.54) is 43.0 Å². The molecule has 104 valence electrons. The fraction of sp³-hybridized carbons (Fsp3) is 0.600. The van der Waals surface area contributed by atoms with Crippen LogP contribution in [0.25, 0.3) is 0 Å². The number of urea groups is 1. The Bertz CT molecular complexity index is 474. The van der Waals surface area contributed by atoms with E-state index in [2.05, 4.69) is 26.1 Å². The summed E-state index contributed by atoms with van der Waals surface area (Å²) in [5, 5.41) is 16.2. The molecule has 0 aliphatic heterocycles. The lowest BCUT2D eigenvalue weighted by Crippen LogP contribution is -2.41. The normalized spacial score (nSPS) is 15.7. The largest absolute Gasteiger partial charge is 0.357 e. The van der Waals surface area contributed by atoms with Crippen LogP contribution in [0.5, 0.6) is 0 Å². The lowest BCUT2D eigenvalue weighted by atomic mass is 10.4. The average Bonchev–Trinajstić information content (AvgIpc) is 3.08. The second kappa shape index (κ2) is 6.20. The first kappa shape index (κ1) is 14.1. The number of nitrogens with zero attached hydrogens (tertiary/aromatic N) is 2. The first-order valence-electron chi connectivity index (χ1n) is 5.87. The molecule has 0 aromatic carbocycles. The van der Waals surface area contributed by atoms with E-state index in [9.17, 15) is 9.59 Å². The highest BCUT2D eigenvalue weighted by Gasteiger charge is 2.23. The zero-order chi connectivity index (χ0) is 13.8. The minimum Gasteiger partial charge on any atom is -0.357 e. The molecule has 3 amide bonds. The predicted molar refractivity (Wildman–Crippen MR) is 74.5 cm³/mol. The fourth-order valence-corrected chi connectivity index (χ4v) is 3.17. The van der Waals surface area contributed by atoms with E-state index in [-0.39, 0.29) is 5.91 Å². The quantitative estimate of drug-likeness (QED) is 0.704. The first-order chi connectivity index (χ1) is 9.08. The lowest BCUT2D eigenvalue weighted by molar-refractivity contribution is -0.119. The summed E-state index contributed by atoms with van der Waals surface area (Å²) < 4.78 is 0.711. The lowest BCUT2D eigenvalue weighted by Gasteiger charge is -2.08. The van der Waals surface area contributed by atoms with Crippen LogP contribution < -0.4 is 16.0 Å². The third-order valence-electron chi connectivity index (χ3n) is 2.42. The molecule has 1 saturated carbocycles. The highest BCUT2D eigenvalue weighted by atomic mass is 32.2. The van der Waals surface area contributed by atoms with Crippen molar-refractivity contribution in [1.82, 2.24) is 20.8 Å². The minimum absolute atomic E-state index is 0.351. The number of carbonyl (C=O) groups is 2. The number of anilines is 1. The molecule has 0 spiro atoms. The summed E-state index contributed by atoms with van der Waals surface area (Å²) in [4.78, 5) is 22.7. The number of thioether (sulfide) groups is 1. The highest BCUT2D eigenvalue weighted by Crippen LogP contribution is 2.31. The number of carbonyl (C=O) groups excluding carboxylic acids is 2. The molecule has 1 fully saturated rings. The molecule has 0 radical (unpaired) electrons. The van der Waals surface area contributed by atoms with E-state index in [0.29, 0.717) is 10.4 Å². The number of rotatable bonds is 5. The van der Waals surface area contributed by atoms with Crippen LogP contribution in [0.3, 0.4) is 0 Å². The van der Waals surface area contributed by atoms with Crippen molar-refractivity contribution in [2.24, 2.45) is 0 Å². The molecule has 19 heavy (non-hydrogen) atoms. The van der Waals surface area contributed by atoms with Crippen molar-refractivity contribution in [3.05, 3.63) is 0 Å². The van der Waals surface area contributed by atoms with E-state index >= 15 is 0 Å². The number of hydrogen-bond acceptors (Lipinski definition) is 7. The van der Waals surface area contributed by atoms with Gasteiger partial charge in [-0.1, -0.05) is 23.1 Å². The van der Waals surface area contributed by atoms with Crippen LogP contribution in [0.15, 0.2) is 4.34 Å². The van der Waals surface area contributed by atoms with E-state index in [1.54, 1.807) is 6.92 Å². The fourth-order valence-electron chi connectivity index (χ4n) is 1.20. The van der Waals surface area contributed by atoms with Gasteiger partial charge in [0.15, 0.2) is 4.34 Å². The van der Waals surface area contributed by atoms with Gasteiger partial charge in [0.05, 0.1) is 5.25 Å². The molecule has 7 nitrogen and oxygen atoms in total. The van der Waals surface area contributed by atoms with Gasteiger partial charge in [-0.3, -0.25) is 10.1 Å². The molecule has 1 aliphatic carbocycles. The Balaban J connectivity index is 1.83. The number of aromatic nitrogens is 2. The second-order valence-corrected chi connectivity index (χ2v) is 6.69.